The Morgan fingerprint density at radius 2 is 1.28 bits per heavy atom. The van der Waals surface area contributed by atoms with Crippen LogP contribution in [0.4, 0.5) is 13.2 Å². The van der Waals surface area contributed by atoms with Crippen molar-refractivity contribution in [2.24, 2.45) is 0 Å². The Balaban J connectivity index is 0.00000300. The Morgan fingerprint density at radius 3 is 1.72 bits per heavy atom. The minimum atomic E-state index is -4.43. The molecule has 3 aromatic rings. The normalized spacial score (nSPS) is 10.9. The van der Waals surface area contributed by atoms with E-state index in [0.29, 0.717) is 29.8 Å². The van der Waals surface area contributed by atoms with Crippen molar-refractivity contribution in [1.82, 2.24) is 11.1 Å². The maximum atomic E-state index is 13.2. The van der Waals surface area contributed by atoms with Gasteiger partial charge in [-0.2, -0.15) is 13.2 Å². The van der Waals surface area contributed by atoms with Crippen LogP contribution in [0.5, 0.6) is 11.5 Å². The predicted molar refractivity (Wildman–Crippen MR) is 106 cm³/mol. The van der Waals surface area contributed by atoms with Gasteiger partial charge >= 0.3 is 6.18 Å². The SMILES string of the molecule is COc1ccc(Cc2cc(C(F)(F)F)cnc2Cc2ccc(OC)cc2)cc1.N. The van der Waals surface area contributed by atoms with Gasteiger partial charge in [0.05, 0.1) is 19.8 Å². The fraction of sp³-hybridized carbons (Fsp3) is 0.227. The Labute approximate surface area is 167 Å². The zero-order valence-corrected chi connectivity index (χ0v) is 16.3. The van der Waals surface area contributed by atoms with Crippen molar-refractivity contribution in [3.63, 3.8) is 0 Å². The summed E-state index contributed by atoms with van der Waals surface area (Å²) < 4.78 is 49.8. The predicted octanol–water partition coefficient (Wildman–Crippen LogP) is 5.46. The summed E-state index contributed by atoms with van der Waals surface area (Å²) in [6, 6.07) is 15.9. The molecule has 4 nitrogen and oxygen atoms in total. The number of nitrogens with zero attached hydrogens (tertiary/aromatic N) is 1. The van der Waals surface area contributed by atoms with E-state index in [1.54, 1.807) is 26.4 Å². The van der Waals surface area contributed by atoms with Crippen LogP contribution >= 0.6 is 0 Å². The molecule has 0 spiro atoms. The Bertz CT molecular complexity index is 924. The Hall–Kier alpha value is -3.06. The highest BCUT2D eigenvalue weighted by molar-refractivity contribution is 5.38. The van der Waals surface area contributed by atoms with Crippen molar-refractivity contribution in [2.75, 3.05) is 14.2 Å². The van der Waals surface area contributed by atoms with Crippen LogP contribution in [0.3, 0.4) is 0 Å². The van der Waals surface area contributed by atoms with Gasteiger partial charge in [0.15, 0.2) is 0 Å². The molecule has 0 bridgehead atoms. The molecule has 0 atom stereocenters. The van der Waals surface area contributed by atoms with Crippen LogP contribution in [0.2, 0.25) is 0 Å². The summed E-state index contributed by atoms with van der Waals surface area (Å²) in [5.41, 5.74) is 2.27. The first-order chi connectivity index (χ1) is 13.4. The second kappa shape index (κ2) is 9.43. The quantitative estimate of drug-likeness (QED) is 0.592. The maximum absolute atomic E-state index is 13.2. The number of methoxy groups -OCH3 is 2. The molecule has 0 aliphatic rings. The van der Waals surface area contributed by atoms with Gasteiger partial charge in [-0.05, 0) is 53.4 Å². The van der Waals surface area contributed by atoms with Gasteiger partial charge < -0.3 is 15.6 Å². The average Bonchev–Trinajstić information content (AvgIpc) is 2.69. The topological polar surface area (TPSA) is 66.3 Å². The van der Waals surface area contributed by atoms with Gasteiger partial charge in [-0.15, -0.1) is 0 Å². The van der Waals surface area contributed by atoms with E-state index >= 15 is 0 Å². The first-order valence-electron chi connectivity index (χ1n) is 8.70. The van der Waals surface area contributed by atoms with E-state index in [2.05, 4.69) is 4.98 Å². The number of pyridine rings is 1. The number of halogens is 3. The summed E-state index contributed by atoms with van der Waals surface area (Å²) in [6.07, 6.45) is -2.74. The molecule has 7 heteroatoms. The zero-order chi connectivity index (χ0) is 20.1. The molecular formula is C22H23F3N2O2. The maximum Gasteiger partial charge on any atom is 0.417 e. The van der Waals surface area contributed by atoms with Gasteiger partial charge in [-0.3, -0.25) is 4.98 Å². The third kappa shape index (κ3) is 5.71. The second-order valence-corrected chi connectivity index (χ2v) is 6.38. The minimum absolute atomic E-state index is 0. The molecule has 0 radical (unpaired) electrons. The van der Waals surface area contributed by atoms with E-state index in [-0.39, 0.29) is 6.15 Å². The standard InChI is InChI=1S/C22H20F3NO2.H3N/c1-27-19-7-3-15(4-8-19)11-17-13-18(22(23,24)25)14-26-21(17)12-16-5-9-20(28-2)10-6-16;/h3-10,13-14H,11-12H2,1-2H3;1H3. The zero-order valence-electron chi connectivity index (χ0n) is 16.3. The number of ether oxygens (including phenoxy) is 2. The van der Waals surface area contributed by atoms with Crippen LogP contribution in [0.1, 0.15) is 27.9 Å². The van der Waals surface area contributed by atoms with Gasteiger partial charge in [-0.25, -0.2) is 0 Å². The van der Waals surface area contributed by atoms with Crippen LogP contribution in [0, 0.1) is 0 Å². The van der Waals surface area contributed by atoms with Crippen LogP contribution in [-0.2, 0) is 19.0 Å². The molecule has 0 saturated heterocycles. The van der Waals surface area contributed by atoms with E-state index in [1.807, 2.05) is 36.4 Å². The van der Waals surface area contributed by atoms with Crippen molar-refractivity contribution < 1.29 is 22.6 Å². The van der Waals surface area contributed by atoms with Crippen molar-refractivity contribution in [1.29, 1.82) is 0 Å². The molecule has 3 N–H and O–H groups in total. The molecule has 1 heterocycles. The minimum Gasteiger partial charge on any atom is -0.497 e. The molecule has 2 aromatic carbocycles. The molecule has 0 aliphatic carbocycles. The Kier molecular flexibility index (Phi) is 7.23. The molecular weight excluding hydrogens is 381 g/mol. The summed E-state index contributed by atoms with van der Waals surface area (Å²) >= 11 is 0. The summed E-state index contributed by atoms with van der Waals surface area (Å²) in [4.78, 5) is 4.14. The summed E-state index contributed by atoms with van der Waals surface area (Å²) in [6.45, 7) is 0. The van der Waals surface area contributed by atoms with Crippen LogP contribution in [-0.4, -0.2) is 19.2 Å². The van der Waals surface area contributed by atoms with E-state index in [4.69, 9.17) is 9.47 Å². The highest BCUT2D eigenvalue weighted by Gasteiger charge is 2.31. The molecule has 0 unspecified atom stereocenters. The van der Waals surface area contributed by atoms with Gasteiger partial charge in [0.2, 0.25) is 0 Å². The van der Waals surface area contributed by atoms with Crippen molar-refractivity contribution >= 4 is 0 Å². The summed E-state index contributed by atoms with van der Waals surface area (Å²) in [7, 11) is 3.15. The summed E-state index contributed by atoms with van der Waals surface area (Å²) in [5.74, 6) is 1.42. The number of aromatic nitrogens is 1. The van der Waals surface area contributed by atoms with Crippen molar-refractivity contribution in [3.05, 3.63) is 88.7 Å². The molecule has 0 aliphatic heterocycles. The molecule has 3 rings (SSSR count). The lowest BCUT2D eigenvalue weighted by molar-refractivity contribution is -0.137. The molecule has 29 heavy (non-hydrogen) atoms. The van der Waals surface area contributed by atoms with Crippen LogP contribution in [0.15, 0.2) is 60.8 Å². The number of benzene rings is 2. The first-order valence-corrected chi connectivity index (χ1v) is 8.70. The largest absolute Gasteiger partial charge is 0.497 e. The highest BCUT2D eigenvalue weighted by Crippen LogP contribution is 2.31. The number of rotatable bonds is 6. The third-order valence-corrected chi connectivity index (χ3v) is 4.47. The molecule has 0 amide bonds. The summed E-state index contributed by atoms with van der Waals surface area (Å²) in [5, 5.41) is 0. The molecule has 0 saturated carbocycles. The fourth-order valence-corrected chi connectivity index (χ4v) is 2.91. The molecule has 1 aromatic heterocycles. The number of hydrogen-bond donors (Lipinski definition) is 1. The van der Waals surface area contributed by atoms with E-state index in [0.717, 1.165) is 23.1 Å². The third-order valence-electron chi connectivity index (χ3n) is 4.47. The second-order valence-electron chi connectivity index (χ2n) is 6.38. The molecule has 0 fully saturated rings. The number of alkyl halides is 3. The number of hydrogen-bond acceptors (Lipinski definition) is 4. The highest BCUT2D eigenvalue weighted by atomic mass is 19.4. The van der Waals surface area contributed by atoms with Gasteiger partial charge in [0, 0.05) is 18.3 Å². The van der Waals surface area contributed by atoms with E-state index in [1.165, 1.54) is 6.07 Å². The van der Waals surface area contributed by atoms with E-state index < -0.39 is 11.7 Å². The average molecular weight is 404 g/mol. The van der Waals surface area contributed by atoms with Crippen LogP contribution in [0.25, 0.3) is 0 Å². The Morgan fingerprint density at radius 1 is 0.793 bits per heavy atom. The lowest BCUT2D eigenvalue weighted by atomic mass is 9.98. The van der Waals surface area contributed by atoms with Crippen molar-refractivity contribution in [3.8, 4) is 11.5 Å². The lowest BCUT2D eigenvalue weighted by Gasteiger charge is -2.14. The molecule has 154 valence electrons. The lowest BCUT2D eigenvalue weighted by Crippen LogP contribution is -2.09. The smallest absolute Gasteiger partial charge is 0.417 e. The first kappa shape index (κ1) is 22.2. The monoisotopic (exact) mass is 404 g/mol. The van der Waals surface area contributed by atoms with Crippen molar-refractivity contribution in [2.45, 2.75) is 19.0 Å². The fourth-order valence-electron chi connectivity index (χ4n) is 2.91. The van der Waals surface area contributed by atoms with Gasteiger partial charge in [0.1, 0.15) is 11.5 Å². The van der Waals surface area contributed by atoms with E-state index in [9.17, 15) is 13.2 Å². The van der Waals surface area contributed by atoms with Gasteiger partial charge in [0.25, 0.3) is 0 Å². The van der Waals surface area contributed by atoms with Crippen LogP contribution < -0.4 is 15.6 Å². The van der Waals surface area contributed by atoms with Gasteiger partial charge in [-0.1, -0.05) is 24.3 Å².